The highest BCUT2D eigenvalue weighted by molar-refractivity contribution is 6.09. The maximum Gasteiger partial charge on any atom is 0.255 e. The van der Waals surface area contributed by atoms with Gasteiger partial charge in [0, 0.05) is 36.4 Å². The van der Waals surface area contributed by atoms with Crippen LogP contribution in [0.25, 0.3) is 0 Å². The average molecular weight is 533 g/mol. The third-order valence-corrected chi connectivity index (χ3v) is 6.69. The van der Waals surface area contributed by atoms with Gasteiger partial charge in [-0.15, -0.1) is 0 Å². The number of carbonyl (C=O) groups is 4. The van der Waals surface area contributed by atoms with Crippen LogP contribution in [0.3, 0.4) is 0 Å². The molecule has 8 heteroatoms. The van der Waals surface area contributed by atoms with Crippen LogP contribution < -0.4 is 20.9 Å². The van der Waals surface area contributed by atoms with Crippen LogP contribution in [0.4, 0.5) is 17.1 Å². The summed E-state index contributed by atoms with van der Waals surface area (Å²) in [6, 6.07) is 32.1. The minimum Gasteiger partial charge on any atom is -0.348 e. The lowest BCUT2D eigenvalue weighted by Gasteiger charge is -2.16. The molecule has 0 radical (unpaired) electrons. The van der Waals surface area contributed by atoms with Gasteiger partial charge in [0.1, 0.15) is 0 Å². The summed E-state index contributed by atoms with van der Waals surface area (Å²) in [5, 5.41) is 8.52. The SMILES string of the molecule is O=C(Nc1ccccc1C(=O)NCc1ccccc1)c1ccc(NC(=O)C2CC(=O)N(c3ccccc3)C2)cc1. The van der Waals surface area contributed by atoms with Crippen molar-refractivity contribution in [3.8, 4) is 0 Å². The molecule has 4 aromatic rings. The fourth-order valence-electron chi connectivity index (χ4n) is 4.55. The van der Waals surface area contributed by atoms with Crippen molar-refractivity contribution < 1.29 is 19.2 Å². The summed E-state index contributed by atoms with van der Waals surface area (Å²) in [4.78, 5) is 52.7. The van der Waals surface area contributed by atoms with E-state index in [9.17, 15) is 19.2 Å². The third kappa shape index (κ3) is 6.24. The molecular weight excluding hydrogens is 504 g/mol. The Bertz CT molecular complexity index is 1520. The zero-order chi connectivity index (χ0) is 27.9. The van der Waals surface area contributed by atoms with Crippen LogP contribution in [0.15, 0.2) is 109 Å². The van der Waals surface area contributed by atoms with Crippen molar-refractivity contribution in [1.29, 1.82) is 0 Å². The van der Waals surface area contributed by atoms with Gasteiger partial charge in [-0.2, -0.15) is 0 Å². The average Bonchev–Trinajstić information content (AvgIpc) is 3.39. The largest absolute Gasteiger partial charge is 0.348 e. The number of carbonyl (C=O) groups excluding carboxylic acids is 4. The molecule has 3 N–H and O–H groups in total. The van der Waals surface area contributed by atoms with Crippen molar-refractivity contribution in [1.82, 2.24) is 5.32 Å². The topological polar surface area (TPSA) is 108 Å². The lowest BCUT2D eigenvalue weighted by Crippen LogP contribution is -2.28. The van der Waals surface area contributed by atoms with E-state index in [4.69, 9.17) is 0 Å². The van der Waals surface area contributed by atoms with Crippen molar-refractivity contribution >= 4 is 40.7 Å². The first-order chi connectivity index (χ1) is 19.5. The molecular formula is C32H28N4O4. The van der Waals surface area contributed by atoms with Crippen molar-refractivity contribution in [3.05, 3.63) is 126 Å². The lowest BCUT2D eigenvalue weighted by atomic mass is 10.1. The van der Waals surface area contributed by atoms with Gasteiger partial charge in [0.15, 0.2) is 0 Å². The molecule has 1 aliphatic heterocycles. The molecule has 1 saturated heterocycles. The van der Waals surface area contributed by atoms with Gasteiger partial charge in [-0.25, -0.2) is 0 Å². The van der Waals surface area contributed by atoms with Crippen LogP contribution in [0, 0.1) is 5.92 Å². The van der Waals surface area contributed by atoms with E-state index in [1.165, 1.54) is 0 Å². The number of para-hydroxylation sites is 2. The Hall–Kier alpha value is -5.24. The Morgan fingerprint density at radius 2 is 1.38 bits per heavy atom. The van der Waals surface area contributed by atoms with Gasteiger partial charge >= 0.3 is 0 Å². The molecule has 4 amide bonds. The first kappa shape index (κ1) is 26.4. The maximum atomic E-state index is 12.9. The summed E-state index contributed by atoms with van der Waals surface area (Å²) in [5.74, 6) is -1.50. The van der Waals surface area contributed by atoms with E-state index in [2.05, 4.69) is 16.0 Å². The number of nitrogens with zero attached hydrogens (tertiary/aromatic N) is 1. The fraction of sp³-hybridized carbons (Fsp3) is 0.125. The quantitative estimate of drug-likeness (QED) is 0.301. The maximum absolute atomic E-state index is 12.9. The van der Waals surface area contributed by atoms with Crippen LogP contribution in [0.1, 0.15) is 32.7 Å². The molecule has 0 aromatic heterocycles. The molecule has 40 heavy (non-hydrogen) atoms. The highest BCUT2D eigenvalue weighted by atomic mass is 16.2. The molecule has 1 atom stereocenters. The highest BCUT2D eigenvalue weighted by Crippen LogP contribution is 2.26. The van der Waals surface area contributed by atoms with Gasteiger partial charge in [-0.05, 0) is 54.1 Å². The highest BCUT2D eigenvalue weighted by Gasteiger charge is 2.35. The molecule has 1 aliphatic rings. The molecule has 0 spiro atoms. The zero-order valence-electron chi connectivity index (χ0n) is 21.7. The van der Waals surface area contributed by atoms with Crippen LogP contribution in [-0.4, -0.2) is 30.2 Å². The van der Waals surface area contributed by atoms with Gasteiger partial charge in [0.25, 0.3) is 11.8 Å². The molecule has 0 aliphatic carbocycles. The number of amides is 4. The number of hydrogen-bond donors (Lipinski definition) is 3. The van der Waals surface area contributed by atoms with Crippen LogP contribution in [0.5, 0.6) is 0 Å². The summed E-state index contributed by atoms with van der Waals surface area (Å²) in [5.41, 5.74) is 3.37. The standard InChI is InChI=1S/C32H28N4O4/c37-29-19-24(21-36(29)26-11-5-2-6-12-26)31(39)34-25-17-15-23(16-18-25)30(38)35-28-14-8-7-13-27(28)32(40)33-20-22-9-3-1-4-10-22/h1-18,24H,19-21H2,(H,33,40)(H,34,39)(H,35,38). The van der Waals surface area contributed by atoms with E-state index in [0.29, 0.717) is 35.6 Å². The minimum absolute atomic E-state index is 0.0904. The second-order valence-electron chi connectivity index (χ2n) is 9.48. The van der Waals surface area contributed by atoms with E-state index in [0.717, 1.165) is 11.3 Å². The third-order valence-electron chi connectivity index (χ3n) is 6.69. The van der Waals surface area contributed by atoms with E-state index in [1.807, 2.05) is 60.7 Å². The van der Waals surface area contributed by atoms with Crippen molar-refractivity contribution in [2.24, 2.45) is 5.92 Å². The van der Waals surface area contributed by atoms with Crippen molar-refractivity contribution in [2.45, 2.75) is 13.0 Å². The van der Waals surface area contributed by atoms with E-state index in [-0.39, 0.29) is 30.0 Å². The van der Waals surface area contributed by atoms with Crippen molar-refractivity contribution in [2.75, 3.05) is 22.1 Å². The summed E-state index contributed by atoms with van der Waals surface area (Å²) >= 11 is 0. The summed E-state index contributed by atoms with van der Waals surface area (Å²) < 4.78 is 0. The molecule has 8 nitrogen and oxygen atoms in total. The smallest absolute Gasteiger partial charge is 0.255 e. The van der Waals surface area contributed by atoms with Crippen molar-refractivity contribution in [3.63, 3.8) is 0 Å². The molecule has 1 fully saturated rings. The van der Waals surface area contributed by atoms with Gasteiger partial charge in [-0.1, -0.05) is 60.7 Å². The molecule has 5 rings (SSSR count). The van der Waals surface area contributed by atoms with Gasteiger partial charge < -0.3 is 20.9 Å². The number of nitrogens with one attached hydrogen (secondary N) is 3. The summed E-state index contributed by atoms with van der Waals surface area (Å²) in [7, 11) is 0. The van der Waals surface area contributed by atoms with Crippen LogP contribution in [0.2, 0.25) is 0 Å². The Morgan fingerprint density at radius 1 is 0.725 bits per heavy atom. The predicted octanol–water partition coefficient (Wildman–Crippen LogP) is 4.86. The molecule has 200 valence electrons. The number of anilines is 3. The number of benzene rings is 4. The van der Waals surface area contributed by atoms with E-state index < -0.39 is 5.92 Å². The molecule has 4 aromatic carbocycles. The minimum atomic E-state index is -0.472. The first-order valence-corrected chi connectivity index (χ1v) is 13.0. The number of hydrogen-bond acceptors (Lipinski definition) is 4. The lowest BCUT2D eigenvalue weighted by molar-refractivity contribution is -0.122. The second kappa shape index (κ2) is 12.1. The predicted molar refractivity (Wildman–Crippen MR) is 154 cm³/mol. The van der Waals surface area contributed by atoms with Gasteiger partial charge in [-0.3, -0.25) is 19.2 Å². The molecule has 1 unspecified atom stereocenters. The Kier molecular flexibility index (Phi) is 7.97. The van der Waals surface area contributed by atoms with Crippen LogP contribution >= 0.6 is 0 Å². The van der Waals surface area contributed by atoms with E-state index >= 15 is 0 Å². The molecule has 0 bridgehead atoms. The fourth-order valence-corrected chi connectivity index (χ4v) is 4.55. The van der Waals surface area contributed by atoms with Crippen LogP contribution in [-0.2, 0) is 16.1 Å². The monoisotopic (exact) mass is 532 g/mol. The second-order valence-corrected chi connectivity index (χ2v) is 9.48. The zero-order valence-corrected chi connectivity index (χ0v) is 21.7. The summed E-state index contributed by atoms with van der Waals surface area (Å²) in [6.45, 7) is 0.682. The Morgan fingerprint density at radius 3 is 2.10 bits per heavy atom. The molecule has 0 saturated carbocycles. The number of rotatable bonds is 8. The van der Waals surface area contributed by atoms with Gasteiger partial charge in [0.05, 0.1) is 17.2 Å². The normalized spacial score (nSPS) is 14.4. The Labute approximate surface area is 232 Å². The van der Waals surface area contributed by atoms with E-state index in [1.54, 1.807) is 53.4 Å². The first-order valence-electron chi connectivity index (χ1n) is 13.0. The Balaban J connectivity index is 1.18. The van der Waals surface area contributed by atoms with Gasteiger partial charge in [0.2, 0.25) is 11.8 Å². The summed E-state index contributed by atoms with van der Waals surface area (Å²) in [6.07, 6.45) is 0.138. The molecule has 1 heterocycles.